The van der Waals surface area contributed by atoms with Crippen LogP contribution in [0.5, 0.6) is 0 Å². The van der Waals surface area contributed by atoms with Crippen LogP contribution in [0.4, 0.5) is 0 Å². The van der Waals surface area contributed by atoms with E-state index in [9.17, 15) is 0 Å². The molecule has 2 nitrogen and oxygen atoms in total. The molecule has 3 heteroatoms. The highest BCUT2D eigenvalue weighted by atomic mass is 32.1. The number of hydrogen-bond acceptors (Lipinski definition) is 3. The molecule has 0 spiro atoms. The fourth-order valence-electron chi connectivity index (χ4n) is 2.20. The van der Waals surface area contributed by atoms with E-state index in [0.717, 1.165) is 12.8 Å². The first-order valence-corrected chi connectivity index (χ1v) is 7.58. The van der Waals surface area contributed by atoms with Crippen LogP contribution in [-0.4, -0.2) is 19.8 Å². The van der Waals surface area contributed by atoms with Gasteiger partial charge in [-0.25, -0.2) is 0 Å². The molecule has 1 aromatic heterocycles. The van der Waals surface area contributed by atoms with Gasteiger partial charge in [0.2, 0.25) is 0 Å². The van der Waals surface area contributed by atoms with E-state index in [4.69, 9.17) is 4.74 Å². The molecule has 0 aliphatic heterocycles. The Morgan fingerprint density at radius 3 is 2.68 bits per heavy atom. The zero-order valence-electron chi connectivity index (χ0n) is 12.2. The molecule has 1 heterocycles. The van der Waals surface area contributed by atoms with Crippen molar-refractivity contribution in [1.29, 1.82) is 0 Å². The summed E-state index contributed by atoms with van der Waals surface area (Å²) < 4.78 is 6.87. The van der Waals surface area contributed by atoms with E-state index in [1.807, 2.05) is 18.4 Å². The van der Waals surface area contributed by atoms with Gasteiger partial charge >= 0.3 is 0 Å². The Labute approximate surface area is 119 Å². The van der Waals surface area contributed by atoms with Crippen LogP contribution in [0.1, 0.15) is 37.6 Å². The second-order valence-corrected chi connectivity index (χ2v) is 6.65. The molecule has 2 rings (SSSR count). The molecule has 1 unspecified atom stereocenters. The molecule has 0 aliphatic carbocycles. The molecule has 0 bridgehead atoms. The fraction of sp³-hybridized carbons (Fsp3) is 0.500. The van der Waals surface area contributed by atoms with Gasteiger partial charge in [-0.1, -0.05) is 18.2 Å². The molecule has 1 aromatic carbocycles. The molecule has 1 N–H and O–H groups in total. The minimum absolute atomic E-state index is 0.0498. The Bertz CT molecular complexity index is 499. The summed E-state index contributed by atoms with van der Waals surface area (Å²) in [5, 5.41) is 4.77. The first-order valence-electron chi connectivity index (χ1n) is 6.76. The van der Waals surface area contributed by atoms with E-state index in [-0.39, 0.29) is 5.60 Å². The van der Waals surface area contributed by atoms with Gasteiger partial charge in [0.1, 0.15) is 0 Å². The van der Waals surface area contributed by atoms with Crippen LogP contribution in [0, 0.1) is 0 Å². The third-order valence-corrected chi connectivity index (χ3v) is 4.95. The van der Waals surface area contributed by atoms with Crippen LogP contribution in [-0.2, 0) is 4.74 Å². The van der Waals surface area contributed by atoms with E-state index in [2.05, 4.69) is 49.5 Å². The van der Waals surface area contributed by atoms with Gasteiger partial charge in [0.05, 0.1) is 5.60 Å². The van der Waals surface area contributed by atoms with Crippen molar-refractivity contribution in [2.45, 2.75) is 38.3 Å². The highest BCUT2D eigenvalue weighted by Gasteiger charge is 2.20. The molecular weight excluding hydrogens is 254 g/mol. The lowest BCUT2D eigenvalue weighted by Crippen LogP contribution is -2.25. The summed E-state index contributed by atoms with van der Waals surface area (Å²) in [6.07, 6.45) is 2.13. The normalized spacial score (nSPS) is 13.9. The summed E-state index contributed by atoms with van der Waals surface area (Å²) in [5.74, 6) is 0. The zero-order chi connectivity index (χ0) is 13.9. The van der Waals surface area contributed by atoms with Crippen molar-refractivity contribution in [2.24, 2.45) is 0 Å². The molecule has 0 amide bonds. The van der Waals surface area contributed by atoms with Crippen LogP contribution in [0.25, 0.3) is 10.1 Å². The maximum absolute atomic E-state index is 5.50. The van der Waals surface area contributed by atoms with E-state index in [0.29, 0.717) is 6.04 Å². The predicted molar refractivity (Wildman–Crippen MR) is 83.9 cm³/mol. The van der Waals surface area contributed by atoms with Crippen LogP contribution >= 0.6 is 11.3 Å². The lowest BCUT2D eigenvalue weighted by molar-refractivity contribution is 0.0119. The van der Waals surface area contributed by atoms with Crippen molar-refractivity contribution in [1.82, 2.24) is 5.32 Å². The standard InChI is InChI=1S/C16H23NOS/c1-16(2,18-4)10-9-13(17-3)15-11-12-7-5-6-8-14(12)19-15/h5-8,11,13,17H,9-10H2,1-4H3. The van der Waals surface area contributed by atoms with Crippen LogP contribution in [0.3, 0.4) is 0 Å². The maximum Gasteiger partial charge on any atom is 0.0623 e. The lowest BCUT2D eigenvalue weighted by atomic mass is 9.98. The Hall–Kier alpha value is -0.900. The summed E-state index contributed by atoms with van der Waals surface area (Å²) in [4.78, 5) is 1.41. The third-order valence-electron chi connectivity index (χ3n) is 3.72. The number of benzene rings is 1. The van der Waals surface area contributed by atoms with Gasteiger partial charge in [-0.15, -0.1) is 11.3 Å². The smallest absolute Gasteiger partial charge is 0.0623 e. The van der Waals surface area contributed by atoms with Crippen LogP contribution in [0.2, 0.25) is 0 Å². The van der Waals surface area contributed by atoms with Crippen LogP contribution in [0.15, 0.2) is 30.3 Å². The van der Waals surface area contributed by atoms with Crippen molar-refractivity contribution in [3.05, 3.63) is 35.2 Å². The Morgan fingerprint density at radius 1 is 1.32 bits per heavy atom. The van der Waals surface area contributed by atoms with Gasteiger partial charge in [0.15, 0.2) is 0 Å². The quantitative estimate of drug-likeness (QED) is 0.846. The first kappa shape index (κ1) is 14.5. The van der Waals surface area contributed by atoms with Crippen molar-refractivity contribution >= 4 is 21.4 Å². The van der Waals surface area contributed by atoms with Crippen molar-refractivity contribution in [2.75, 3.05) is 14.2 Å². The summed E-state index contributed by atoms with van der Waals surface area (Å²) in [7, 11) is 3.82. The average molecular weight is 277 g/mol. The summed E-state index contributed by atoms with van der Waals surface area (Å²) in [6.45, 7) is 4.29. The van der Waals surface area contributed by atoms with E-state index in [1.165, 1.54) is 15.0 Å². The number of nitrogens with one attached hydrogen (secondary N) is 1. The number of rotatable bonds is 6. The van der Waals surface area contributed by atoms with Crippen molar-refractivity contribution < 1.29 is 4.74 Å². The molecular formula is C16H23NOS. The molecule has 0 radical (unpaired) electrons. The number of methoxy groups -OCH3 is 1. The summed E-state index contributed by atoms with van der Waals surface area (Å²) >= 11 is 1.88. The SMILES string of the molecule is CNC(CCC(C)(C)OC)c1cc2ccccc2s1. The molecule has 19 heavy (non-hydrogen) atoms. The third kappa shape index (κ3) is 3.56. The van der Waals surface area contributed by atoms with E-state index >= 15 is 0 Å². The molecule has 1 atom stereocenters. The van der Waals surface area contributed by atoms with Crippen LogP contribution < -0.4 is 5.32 Å². The Morgan fingerprint density at radius 2 is 2.05 bits per heavy atom. The highest BCUT2D eigenvalue weighted by Crippen LogP contribution is 2.33. The van der Waals surface area contributed by atoms with Gasteiger partial charge in [0, 0.05) is 22.7 Å². The Kier molecular flexibility index (Phi) is 4.61. The fourth-order valence-corrected chi connectivity index (χ4v) is 3.41. The number of fused-ring (bicyclic) bond motifs is 1. The average Bonchev–Trinajstić information content (AvgIpc) is 2.83. The van der Waals surface area contributed by atoms with Crippen molar-refractivity contribution in [3.8, 4) is 0 Å². The molecule has 104 valence electrons. The number of hydrogen-bond donors (Lipinski definition) is 1. The maximum atomic E-state index is 5.50. The van der Waals surface area contributed by atoms with Gasteiger partial charge in [-0.2, -0.15) is 0 Å². The number of ether oxygens (including phenoxy) is 1. The predicted octanol–water partition coefficient (Wildman–Crippen LogP) is 4.37. The Balaban J connectivity index is 2.13. The molecule has 0 saturated heterocycles. The van der Waals surface area contributed by atoms with Gasteiger partial charge in [-0.3, -0.25) is 0 Å². The second kappa shape index (κ2) is 6.04. The largest absolute Gasteiger partial charge is 0.379 e. The number of thiophene rings is 1. The topological polar surface area (TPSA) is 21.3 Å². The molecule has 2 aromatic rings. The summed E-state index contributed by atoms with van der Waals surface area (Å²) in [5.41, 5.74) is -0.0498. The summed E-state index contributed by atoms with van der Waals surface area (Å²) in [6, 6.07) is 11.3. The van der Waals surface area contributed by atoms with Gasteiger partial charge < -0.3 is 10.1 Å². The molecule has 0 aliphatic rings. The van der Waals surface area contributed by atoms with Gasteiger partial charge in [-0.05, 0) is 51.3 Å². The monoisotopic (exact) mass is 277 g/mol. The second-order valence-electron chi connectivity index (χ2n) is 5.53. The van der Waals surface area contributed by atoms with E-state index < -0.39 is 0 Å². The minimum atomic E-state index is -0.0498. The minimum Gasteiger partial charge on any atom is -0.379 e. The van der Waals surface area contributed by atoms with Crippen molar-refractivity contribution in [3.63, 3.8) is 0 Å². The zero-order valence-corrected chi connectivity index (χ0v) is 13.0. The van der Waals surface area contributed by atoms with Gasteiger partial charge in [0.25, 0.3) is 0 Å². The molecule has 0 saturated carbocycles. The van der Waals surface area contributed by atoms with E-state index in [1.54, 1.807) is 7.11 Å². The highest BCUT2D eigenvalue weighted by molar-refractivity contribution is 7.19. The first-order chi connectivity index (χ1) is 9.05. The lowest BCUT2D eigenvalue weighted by Gasteiger charge is -2.25. The molecule has 0 fully saturated rings.